The fourth-order valence-corrected chi connectivity index (χ4v) is 2.93. The fourth-order valence-electron chi connectivity index (χ4n) is 2.01. The molecule has 1 fully saturated rings. The van der Waals surface area contributed by atoms with E-state index in [0.717, 1.165) is 42.5 Å². The molecule has 1 heterocycles. The lowest BCUT2D eigenvalue weighted by Gasteiger charge is -2.28. The number of thioether (sulfide) groups is 1. The molecule has 1 aromatic carbocycles. The summed E-state index contributed by atoms with van der Waals surface area (Å²) in [5.74, 6) is 2.92. The monoisotopic (exact) mass is 267 g/mol. The smallest absolute Gasteiger partial charge is 0.124 e. The summed E-state index contributed by atoms with van der Waals surface area (Å²) in [6.07, 6.45) is 1.09. The van der Waals surface area contributed by atoms with Crippen molar-refractivity contribution in [3.63, 3.8) is 0 Å². The number of para-hydroxylation sites is 1. The van der Waals surface area contributed by atoms with Gasteiger partial charge in [0, 0.05) is 17.1 Å². The topological polar surface area (TPSA) is 44.5 Å². The summed E-state index contributed by atoms with van der Waals surface area (Å²) >= 11 is 1.90. The van der Waals surface area contributed by atoms with Crippen molar-refractivity contribution in [2.75, 3.05) is 24.7 Å². The SMILES string of the molecule is CCCOc1ccccc1C(N)C1CSCCO1. The fraction of sp³-hybridized carbons (Fsp3) is 0.571. The molecule has 3 nitrogen and oxygen atoms in total. The highest BCUT2D eigenvalue weighted by Crippen LogP contribution is 2.29. The highest BCUT2D eigenvalue weighted by atomic mass is 32.2. The van der Waals surface area contributed by atoms with Gasteiger partial charge in [-0.2, -0.15) is 11.8 Å². The van der Waals surface area contributed by atoms with Crippen LogP contribution in [0.25, 0.3) is 0 Å². The van der Waals surface area contributed by atoms with E-state index in [1.807, 2.05) is 36.0 Å². The molecule has 2 unspecified atom stereocenters. The third-order valence-corrected chi connectivity index (χ3v) is 4.00. The highest BCUT2D eigenvalue weighted by Gasteiger charge is 2.25. The number of ether oxygens (including phenoxy) is 2. The van der Waals surface area contributed by atoms with Gasteiger partial charge in [0.15, 0.2) is 0 Å². The van der Waals surface area contributed by atoms with E-state index in [0.29, 0.717) is 0 Å². The lowest BCUT2D eigenvalue weighted by Crippen LogP contribution is -2.34. The molecule has 1 aliphatic rings. The van der Waals surface area contributed by atoms with Crippen molar-refractivity contribution >= 4 is 11.8 Å². The standard InChI is InChI=1S/C14H21NO2S/c1-2-7-16-12-6-4-3-5-11(12)14(15)13-10-18-9-8-17-13/h3-6,13-14H,2,7-10,15H2,1H3. The van der Waals surface area contributed by atoms with Crippen LogP contribution >= 0.6 is 11.8 Å². The van der Waals surface area contributed by atoms with Gasteiger partial charge in [-0.1, -0.05) is 25.1 Å². The van der Waals surface area contributed by atoms with E-state index in [1.165, 1.54) is 0 Å². The Hall–Kier alpha value is -0.710. The van der Waals surface area contributed by atoms with Crippen LogP contribution in [0.5, 0.6) is 5.75 Å². The van der Waals surface area contributed by atoms with E-state index in [1.54, 1.807) is 0 Å². The molecule has 0 aliphatic carbocycles. The quantitative estimate of drug-likeness (QED) is 0.890. The zero-order valence-electron chi connectivity index (χ0n) is 10.8. The molecule has 0 aromatic heterocycles. The van der Waals surface area contributed by atoms with Gasteiger partial charge in [0.1, 0.15) is 5.75 Å². The molecule has 0 radical (unpaired) electrons. The second-order valence-electron chi connectivity index (χ2n) is 4.40. The lowest BCUT2D eigenvalue weighted by atomic mass is 10.0. The molecule has 1 aliphatic heterocycles. The Morgan fingerprint density at radius 2 is 2.33 bits per heavy atom. The van der Waals surface area contributed by atoms with Crippen LogP contribution in [0.3, 0.4) is 0 Å². The Morgan fingerprint density at radius 1 is 1.50 bits per heavy atom. The predicted molar refractivity (Wildman–Crippen MR) is 76.2 cm³/mol. The molecule has 2 atom stereocenters. The summed E-state index contributed by atoms with van der Waals surface area (Å²) in [4.78, 5) is 0. The van der Waals surface area contributed by atoms with Gasteiger partial charge >= 0.3 is 0 Å². The molecule has 1 saturated heterocycles. The molecule has 0 bridgehead atoms. The Labute approximate surface area is 113 Å². The van der Waals surface area contributed by atoms with E-state index in [9.17, 15) is 0 Å². The van der Waals surface area contributed by atoms with Crippen molar-refractivity contribution in [1.82, 2.24) is 0 Å². The Kier molecular flexibility index (Phi) is 5.35. The second-order valence-corrected chi connectivity index (χ2v) is 5.55. The average molecular weight is 267 g/mol. The van der Waals surface area contributed by atoms with Gasteiger partial charge in [0.05, 0.1) is 25.4 Å². The first-order valence-corrected chi connectivity index (χ1v) is 7.65. The van der Waals surface area contributed by atoms with Gasteiger partial charge in [0.2, 0.25) is 0 Å². The molecule has 18 heavy (non-hydrogen) atoms. The van der Waals surface area contributed by atoms with Crippen LogP contribution in [0.15, 0.2) is 24.3 Å². The van der Waals surface area contributed by atoms with E-state index >= 15 is 0 Å². The third kappa shape index (κ3) is 3.40. The van der Waals surface area contributed by atoms with Crippen molar-refractivity contribution in [1.29, 1.82) is 0 Å². The van der Waals surface area contributed by atoms with Crippen LogP contribution in [0.4, 0.5) is 0 Å². The van der Waals surface area contributed by atoms with Crippen LogP contribution in [0, 0.1) is 0 Å². The zero-order chi connectivity index (χ0) is 12.8. The maximum atomic E-state index is 6.32. The predicted octanol–water partition coefficient (Wildman–Crippen LogP) is 2.61. The van der Waals surface area contributed by atoms with E-state index < -0.39 is 0 Å². The normalized spacial score (nSPS) is 21.6. The summed E-state index contributed by atoms with van der Waals surface area (Å²) < 4.78 is 11.5. The first kappa shape index (κ1) is 13.7. The minimum Gasteiger partial charge on any atom is -0.493 e. The lowest BCUT2D eigenvalue weighted by molar-refractivity contribution is 0.0562. The summed E-state index contributed by atoms with van der Waals surface area (Å²) in [5, 5.41) is 0. The Balaban J connectivity index is 2.10. The first-order chi connectivity index (χ1) is 8.83. The molecule has 0 spiro atoms. The molecule has 100 valence electrons. The van der Waals surface area contributed by atoms with Gasteiger partial charge < -0.3 is 15.2 Å². The molecule has 2 N–H and O–H groups in total. The van der Waals surface area contributed by atoms with Gasteiger partial charge in [-0.25, -0.2) is 0 Å². The summed E-state index contributed by atoms with van der Waals surface area (Å²) in [6, 6.07) is 7.91. The van der Waals surface area contributed by atoms with E-state index in [2.05, 4.69) is 6.92 Å². The van der Waals surface area contributed by atoms with Crippen LogP contribution in [0.2, 0.25) is 0 Å². The van der Waals surface area contributed by atoms with Crippen molar-refractivity contribution < 1.29 is 9.47 Å². The molecule has 1 aromatic rings. The van der Waals surface area contributed by atoms with E-state index in [-0.39, 0.29) is 12.1 Å². The Bertz CT molecular complexity index is 367. The molecule has 0 saturated carbocycles. The summed E-state index contributed by atoms with van der Waals surface area (Å²) in [5.41, 5.74) is 7.38. The van der Waals surface area contributed by atoms with Gasteiger partial charge in [-0.05, 0) is 12.5 Å². The van der Waals surface area contributed by atoms with Gasteiger partial charge in [0.25, 0.3) is 0 Å². The molecule has 0 amide bonds. The molecule has 4 heteroatoms. The van der Waals surface area contributed by atoms with Gasteiger partial charge in [-0.3, -0.25) is 0 Å². The number of nitrogens with two attached hydrogens (primary N) is 1. The maximum Gasteiger partial charge on any atom is 0.124 e. The number of rotatable bonds is 5. The molecule has 2 rings (SSSR count). The first-order valence-electron chi connectivity index (χ1n) is 6.49. The van der Waals surface area contributed by atoms with Crippen LogP contribution in [-0.2, 0) is 4.74 Å². The van der Waals surface area contributed by atoms with E-state index in [4.69, 9.17) is 15.2 Å². The van der Waals surface area contributed by atoms with Crippen molar-refractivity contribution in [3.8, 4) is 5.75 Å². The third-order valence-electron chi connectivity index (χ3n) is 2.98. The minimum atomic E-state index is -0.106. The average Bonchev–Trinajstić information content (AvgIpc) is 2.45. The van der Waals surface area contributed by atoms with Gasteiger partial charge in [-0.15, -0.1) is 0 Å². The number of hydrogen-bond donors (Lipinski definition) is 1. The number of hydrogen-bond acceptors (Lipinski definition) is 4. The van der Waals surface area contributed by atoms with Crippen LogP contribution in [-0.4, -0.2) is 30.8 Å². The van der Waals surface area contributed by atoms with Crippen molar-refractivity contribution in [2.45, 2.75) is 25.5 Å². The second kappa shape index (κ2) is 7.02. The Morgan fingerprint density at radius 3 is 3.06 bits per heavy atom. The van der Waals surface area contributed by atoms with Crippen LogP contribution in [0.1, 0.15) is 24.9 Å². The molecular weight excluding hydrogens is 246 g/mol. The van der Waals surface area contributed by atoms with Crippen molar-refractivity contribution in [3.05, 3.63) is 29.8 Å². The van der Waals surface area contributed by atoms with Crippen LogP contribution < -0.4 is 10.5 Å². The summed E-state index contributed by atoms with van der Waals surface area (Å²) in [6.45, 7) is 3.62. The number of benzene rings is 1. The maximum absolute atomic E-state index is 6.32. The zero-order valence-corrected chi connectivity index (χ0v) is 11.6. The summed E-state index contributed by atoms with van der Waals surface area (Å²) in [7, 11) is 0. The van der Waals surface area contributed by atoms with Crippen molar-refractivity contribution in [2.24, 2.45) is 5.73 Å². The highest BCUT2D eigenvalue weighted by molar-refractivity contribution is 7.99. The largest absolute Gasteiger partial charge is 0.493 e. The molecular formula is C14H21NO2S. The minimum absolute atomic E-state index is 0.0927.